The second-order valence-corrected chi connectivity index (χ2v) is 8.85. The number of hydrogen-bond acceptors (Lipinski definition) is 4. The van der Waals surface area contributed by atoms with E-state index in [2.05, 4.69) is 0 Å². The van der Waals surface area contributed by atoms with Gasteiger partial charge in [0.25, 0.3) is 0 Å². The zero-order chi connectivity index (χ0) is 18.0. The van der Waals surface area contributed by atoms with Crippen LogP contribution in [0.15, 0.2) is 48.5 Å². The molecule has 1 aliphatic rings. The highest BCUT2D eigenvalue weighted by atomic mass is 35.7. The molecule has 132 valence electrons. The maximum Gasteiger partial charge on any atom is 0.232 e. The average molecular weight is 380 g/mol. The molecule has 25 heavy (non-hydrogen) atoms. The van der Waals surface area contributed by atoms with E-state index >= 15 is 0 Å². The van der Waals surface area contributed by atoms with Crippen molar-refractivity contribution in [1.29, 1.82) is 0 Å². The van der Waals surface area contributed by atoms with Gasteiger partial charge in [-0.3, -0.25) is 4.79 Å². The summed E-state index contributed by atoms with van der Waals surface area (Å²) < 4.78 is 27.9. The van der Waals surface area contributed by atoms with Crippen LogP contribution in [0.3, 0.4) is 0 Å². The summed E-state index contributed by atoms with van der Waals surface area (Å²) in [5.74, 6) is 0.137. The van der Waals surface area contributed by atoms with Gasteiger partial charge < -0.3 is 9.64 Å². The Morgan fingerprint density at radius 1 is 1.20 bits per heavy atom. The van der Waals surface area contributed by atoms with E-state index in [9.17, 15) is 13.2 Å². The normalized spacial score (nSPS) is 17.8. The molecule has 1 unspecified atom stereocenters. The maximum absolute atomic E-state index is 12.4. The Hall–Kier alpha value is -2.05. The number of rotatable bonds is 5. The first-order valence-electron chi connectivity index (χ1n) is 7.83. The Kier molecular flexibility index (Phi) is 5.01. The van der Waals surface area contributed by atoms with E-state index in [0.29, 0.717) is 6.54 Å². The number of halogens is 1. The lowest BCUT2D eigenvalue weighted by molar-refractivity contribution is -0.117. The Labute approximate surface area is 151 Å². The lowest BCUT2D eigenvalue weighted by atomic mass is 10.0. The highest BCUT2D eigenvalue weighted by molar-refractivity contribution is 8.13. The van der Waals surface area contributed by atoms with Gasteiger partial charge >= 0.3 is 0 Å². The van der Waals surface area contributed by atoms with Crippen molar-refractivity contribution >= 4 is 31.3 Å². The fourth-order valence-electron chi connectivity index (χ4n) is 3.15. The molecule has 0 aromatic heterocycles. The van der Waals surface area contributed by atoms with Gasteiger partial charge in [0.1, 0.15) is 5.75 Å². The van der Waals surface area contributed by atoms with Gasteiger partial charge in [-0.2, -0.15) is 0 Å². The SMILES string of the molecule is COc1cccc(-c2ccccc2N2CC(CS(=O)(=O)Cl)CC2=O)c1. The van der Waals surface area contributed by atoms with Gasteiger partial charge in [-0.25, -0.2) is 8.42 Å². The Balaban J connectivity index is 1.94. The van der Waals surface area contributed by atoms with Crippen molar-refractivity contribution in [1.82, 2.24) is 0 Å². The molecule has 1 heterocycles. The number of amides is 1. The van der Waals surface area contributed by atoms with E-state index in [1.54, 1.807) is 12.0 Å². The summed E-state index contributed by atoms with van der Waals surface area (Å²) >= 11 is 0. The standard InChI is InChI=1S/C18H18ClNO4S/c1-24-15-6-4-5-14(10-15)16-7-2-3-8-17(16)20-11-13(9-18(20)21)12-25(19,22)23/h2-8,10,13H,9,11-12H2,1H3. The smallest absolute Gasteiger partial charge is 0.232 e. The van der Waals surface area contributed by atoms with E-state index in [-0.39, 0.29) is 24.0 Å². The number of benzene rings is 2. The number of ether oxygens (including phenoxy) is 1. The number of carbonyl (C=O) groups excluding carboxylic acids is 1. The molecule has 1 aliphatic heterocycles. The quantitative estimate of drug-likeness (QED) is 0.748. The van der Waals surface area contributed by atoms with Gasteiger partial charge in [0.2, 0.25) is 15.0 Å². The number of anilines is 1. The largest absolute Gasteiger partial charge is 0.497 e. The molecular formula is C18H18ClNO4S. The van der Waals surface area contributed by atoms with Crippen LogP contribution in [0.5, 0.6) is 5.75 Å². The third kappa shape index (κ3) is 4.14. The molecule has 2 aromatic carbocycles. The first-order chi connectivity index (χ1) is 11.9. The highest BCUT2D eigenvalue weighted by Gasteiger charge is 2.34. The summed E-state index contributed by atoms with van der Waals surface area (Å²) in [5, 5.41) is 0. The molecule has 0 spiro atoms. The minimum Gasteiger partial charge on any atom is -0.497 e. The molecule has 1 fully saturated rings. The number of methoxy groups -OCH3 is 1. The Morgan fingerprint density at radius 3 is 2.68 bits per heavy atom. The van der Waals surface area contributed by atoms with Crippen LogP contribution in [0.25, 0.3) is 11.1 Å². The van der Waals surface area contributed by atoms with Crippen LogP contribution in [0.2, 0.25) is 0 Å². The van der Waals surface area contributed by atoms with Crippen molar-refractivity contribution in [2.75, 3.05) is 24.3 Å². The molecule has 0 bridgehead atoms. The predicted molar refractivity (Wildman–Crippen MR) is 98.5 cm³/mol. The Morgan fingerprint density at radius 2 is 1.96 bits per heavy atom. The van der Waals surface area contributed by atoms with Gasteiger partial charge in [-0.1, -0.05) is 30.3 Å². The first-order valence-corrected chi connectivity index (χ1v) is 10.3. The van der Waals surface area contributed by atoms with Crippen LogP contribution in [0, 0.1) is 5.92 Å². The number of hydrogen-bond donors (Lipinski definition) is 0. The minimum atomic E-state index is -3.63. The lowest BCUT2D eigenvalue weighted by Gasteiger charge is -2.20. The molecule has 2 aromatic rings. The summed E-state index contributed by atoms with van der Waals surface area (Å²) in [7, 11) is 3.32. The van der Waals surface area contributed by atoms with Crippen LogP contribution < -0.4 is 9.64 Å². The monoisotopic (exact) mass is 379 g/mol. The third-order valence-electron chi connectivity index (χ3n) is 4.22. The molecule has 0 radical (unpaired) electrons. The summed E-state index contributed by atoms with van der Waals surface area (Å²) in [6, 6.07) is 15.2. The lowest BCUT2D eigenvalue weighted by Crippen LogP contribution is -2.25. The number of nitrogens with zero attached hydrogens (tertiary/aromatic N) is 1. The molecule has 3 rings (SSSR count). The Bertz CT molecular complexity index is 897. The molecule has 1 atom stereocenters. The zero-order valence-electron chi connectivity index (χ0n) is 13.7. The van der Waals surface area contributed by atoms with E-state index in [0.717, 1.165) is 22.6 Å². The van der Waals surface area contributed by atoms with Crippen LogP contribution in [0.1, 0.15) is 6.42 Å². The topological polar surface area (TPSA) is 63.7 Å². The average Bonchev–Trinajstić information content (AvgIpc) is 2.93. The summed E-state index contributed by atoms with van der Waals surface area (Å²) in [6.07, 6.45) is 0.179. The van der Waals surface area contributed by atoms with E-state index < -0.39 is 9.05 Å². The molecule has 1 amide bonds. The molecule has 0 aliphatic carbocycles. The van der Waals surface area contributed by atoms with Crippen LogP contribution in [0.4, 0.5) is 5.69 Å². The van der Waals surface area contributed by atoms with Crippen molar-refractivity contribution < 1.29 is 17.9 Å². The van der Waals surface area contributed by atoms with Crippen molar-refractivity contribution in [2.45, 2.75) is 6.42 Å². The van der Waals surface area contributed by atoms with Gasteiger partial charge in [-0.15, -0.1) is 0 Å². The molecule has 1 saturated heterocycles. The zero-order valence-corrected chi connectivity index (χ0v) is 15.3. The fraction of sp³-hybridized carbons (Fsp3) is 0.278. The molecule has 5 nitrogen and oxygen atoms in total. The van der Waals surface area contributed by atoms with Crippen LogP contribution in [-0.4, -0.2) is 33.7 Å². The summed E-state index contributed by atoms with van der Waals surface area (Å²) in [6.45, 7) is 0.339. The van der Waals surface area contributed by atoms with Crippen molar-refractivity contribution in [3.63, 3.8) is 0 Å². The van der Waals surface area contributed by atoms with Crippen molar-refractivity contribution in [3.05, 3.63) is 48.5 Å². The second kappa shape index (κ2) is 7.06. The minimum absolute atomic E-state index is 0.0966. The molecule has 7 heteroatoms. The van der Waals surface area contributed by atoms with Gasteiger partial charge in [0.05, 0.1) is 18.6 Å². The highest BCUT2D eigenvalue weighted by Crippen LogP contribution is 2.36. The van der Waals surface area contributed by atoms with E-state index in [4.69, 9.17) is 15.4 Å². The van der Waals surface area contributed by atoms with Crippen molar-refractivity contribution in [2.24, 2.45) is 5.92 Å². The first kappa shape index (κ1) is 17.8. The molecular weight excluding hydrogens is 362 g/mol. The van der Waals surface area contributed by atoms with Gasteiger partial charge in [0.15, 0.2) is 0 Å². The maximum atomic E-state index is 12.4. The predicted octanol–water partition coefficient (Wildman–Crippen LogP) is 3.28. The van der Waals surface area contributed by atoms with Crippen LogP contribution in [-0.2, 0) is 13.8 Å². The van der Waals surface area contributed by atoms with Crippen LogP contribution >= 0.6 is 10.7 Å². The molecule has 0 saturated carbocycles. The third-order valence-corrected chi connectivity index (χ3v) is 5.46. The van der Waals surface area contributed by atoms with Gasteiger partial charge in [0, 0.05) is 35.1 Å². The fourth-order valence-corrected chi connectivity index (χ4v) is 4.47. The van der Waals surface area contributed by atoms with E-state index in [1.165, 1.54) is 0 Å². The van der Waals surface area contributed by atoms with E-state index in [1.807, 2.05) is 48.5 Å². The molecule has 0 N–H and O–H groups in total. The van der Waals surface area contributed by atoms with Crippen molar-refractivity contribution in [3.8, 4) is 16.9 Å². The number of carbonyl (C=O) groups is 1. The number of para-hydroxylation sites is 1. The summed E-state index contributed by atoms with van der Waals surface area (Å²) in [5.41, 5.74) is 2.58. The summed E-state index contributed by atoms with van der Waals surface area (Å²) in [4.78, 5) is 14.1. The van der Waals surface area contributed by atoms with Gasteiger partial charge in [-0.05, 0) is 23.8 Å². The second-order valence-electron chi connectivity index (χ2n) is 6.03.